The highest BCUT2D eigenvalue weighted by Crippen LogP contribution is 2.48. The summed E-state index contributed by atoms with van der Waals surface area (Å²) in [5.74, 6) is -0.0329. The number of aryl methyl sites for hydroxylation is 1. The molecule has 1 aliphatic heterocycles. The van der Waals surface area contributed by atoms with E-state index in [1.807, 2.05) is 53.4 Å². The first-order chi connectivity index (χ1) is 18.5. The summed E-state index contributed by atoms with van der Waals surface area (Å²) >= 11 is 3.12. The second-order valence-electron chi connectivity index (χ2n) is 9.07. The first-order valence-electron chi connectivity index (χ1n) is 12.1. The molecule has 0 amide bonds. The van der Waals surface area contributed by atoms with E-state index in [0.717, 1.165) is 41.6 Å². The average molecular weight is 608 g/mol. The van der Waals surface area contributed by atoms with Crippen LogP contribution in [0.1, 0.15) is 17.8 Å². The standard InChI is InChI=1S/C26H26N2O7S4/c1-35-19-9-11-22-21(16-19)27(12-4-14-38(29,30)31)24(36-22)17-25-28(13-5-15-39(32,33)34)26-20-7-3-2-6-18(20)8-10-23(26)37-25/h2-3,6-11,16-17H,4-5,12-15H2,1H3,(H-,29,30,31,32,33,34)/p+1. The lowest BCUT2D eigenvalue weighted by atomic mass is 10.1. The Kier molecular flexibility index (Phi) is 7.91. The quantitative estimate of drug-likeness (QED) is 0.193. The molecule has 39 heavy (non-hydrogen) atoms. The smallest absolute Gasteiger partial charge is 0.265 e. The van der Waals surface area contributed by atoms with Crippen molar-refractivity contribution in [3.63, 3.8) is 0 Å². The molecule has 1 aliphatic rings. The van der Waals surface area contributed by atoms with Gasteiger partial charge < -0.3 is 9.64 Å². The Morgan fingerprint density at radius 1 is 0.974 bits per heavy atom. The maximum atomic E-state index is 11.4. The van der Waals surface area contributed by atoms with Crippen molar-refractivity contribution in [3.05, 3.63) is 64.6 Å². The van der Waals surface area contributed by atoms with Crippen LogP contribution in [0.3, 0.4) is 0 Å². The summed E-state index contributed by atoms with van der Waals surface area (Å²) in [6.45, 7) is 0.733. The fourth-order valence-electron chi connectivity index (χ4n) is 4.66. The Balaban J connectivity index is 1.60. The van der Waals surface area contributed by atoms with Gasteiger partial charge in [-0.15, -0.1) is 0 Å². The molecule has 0 atom stereocenters. The number of nitrogens with zero attached hydrogens (tertiary/aromatic N) is 2. The summed E-state index contributed by atoms with van der Waals surface area (Å²) in [6, 6.07) is 17.8. The molecule has 0 bridgehead atoms. The maximum absolute atomic E-state index is 11.4. The van der Waals surface area contributed by atoms with E-state index in [0.29, 0.717) is 18.8 Å². The lowest BCUT2D eigenvalue weighted by Crippen LogP contribution is -2.36. The molecule has 0 saturated carbocycles. The van der Waals surface area contributed by atoms with Crippen molar-refractivity contribution in [1.29, 1.82) is 0 Å². The van der Waals surface area contributed by atoms with Gasteiger partial charge in [0, 0.05) is 23.9 Å². The molecule has 4 aromatic rings. The van der Waals surface area contributed by atoms with Crippen LogP contribution in [0, 0.1) is 0 Å². The highest BCUT2D eigenvalue weighted by Gasteiger charge is 2.29. The first kappa shape index (κ1) is 27.9. The Morgan fingerprint density at radius 3 is 2.46 bits per heavy atom. The Morgan fingerprint density at radius 2 is 1.72 bits per heavy atom. The van der Waals surface area contributed by atoms with Gasteiger partial charge in [0.25, 0.3) is 25.2 Å². The molecule has 13 heteroatoms. The highest BCUT2D eigenvalue weighted by atomic mass is 32.2. The van der Waals surface area contributed by atoms with Crippen LogP contribution in [-0.4, -0.2) is 51.1 Å². The van der Waals surface area contributed by atoms with E-state index in [1.54, 1.807) is 30.2 Å². The minimum absolute atomic E-state index is 0.221. The summed E-state index contributed by atoms with van der Waals surface area (Å²) < 4.78 is 72.8. The van der Waals surface area contributed by atoms with Crippen molar-refractivity contribution in [2.75, 3.05) is 30.1 Å². The minimum Gasteiger partial charge on any atom is -0.497 e. The number of thiazole rings is 1. The number of anilines is 1. The highest BCUT2D eigenvalue weighted by molar-refractivity contribution is 8.04. The minimum atomic E-state index is -4.10. The van der Waals surface area contributed by atoms with Crippen LogP contribution in [0.2, 0.25) is 0 Å². The van der Waals surface area contributed by atoms with E-state index in [9.17, 15) is 25.9 Å². The molecule has 0 fully saturated rings. The third-order valence-corrected chi connectivity index (χ3v) is 10.2. The Hall–Kier alpha value is -2.68. The third kappa shape index (κ3) is 6.39. The summed E-state index contributed by atoms with van der Waals surface area (Å²) in [6.07, 6.45) is 2.48. The van der Waals surface area contributed by atoms with Gasteiger partial charge in [-0.25, -0.2) is 0 Å². The van der Waals surface area contributed by atoms with E-state index in [4.69, 9.17) is 4.74 Å². The van der Waals surface area contributed by atoms with Crippen molar-refractivity contribution >= 4 is 76.1 Å². The zero-order valence-corrected chi connectivity index (χ0v) is 24.2. The normalized spacial score (nSPS) is 14.9. The van der Waals surface area contributed by atoms with E-state index < -0.39 is 20.2 Å². The number of ether oxygens (including phenoxy) is 1. The second kappa shape index (κ2) is 11.1. The first-order valence-corrected chi connectivity index (χ1v) is 17.0. The molecular weight excluding hydrogens is 581 g/mol. The van der Waals surface area contributed by atoms with Crippen LogP contribution in [-0.2, 0) is 26.8 Å². The topological polar surface area (TPSA) is 125 Å². The predicted molar refractivity (Wildman–Crippen MR) is 156 cm³/mol. The van der Waals surface area contributed by atoms with Gasteiger partial charge in [0.1, 0.15) is 10.4 Å². The van der Waals surface area contributed by atoms with Gasteiger partial charge in [0.05, 0.1) is 40.8 Å². The second-order valence-corrected chi connectivity index (χ2v) is 14.3. The van der Waals surface area contributed by atoms with Crippen LogP contribution in [0.15, 0.2) is 64.5 Å². The largest absolute Gasteiger partial charge is 0.497 e. The van der Waals surface area contributed by atoms with Crippen LogP contribution < -0.4 is 14.2 Å². The number of fused-ring (bicyclic) bond motifs is 4. The van der Waals surface area contributed by atoms with Crippen molar-refractivity contribution in [1.82, 2.24) is 0 Å². The molecule has 0 unspecified atom stereocenters. The number of hydrogen-bond donors (Lipinski definition) is 2. The Bertz CT molecular complexity index is 1800. The van der Waals surface area contributed by atoms with Crippen LogP contribution >= 0.6 is 23.1 Å². The van der Waals surface area contributed by atoms with Crippen molar-refractivity contribution in [2.45, 2.75) is 24.3 Å². The summed E-state index contributed by atoms with van der Waals surface area (Å²) in [7, 11) is -6.62. The van der Waals surface area contributed by atoms with Gasteiger partial charge in [-0.3, -0.25) is 9.11 Å². The van der Waals surface area contributed by atoms with Gasteiger partial charge in [0.2, 0.25) is 5.52 Å². The van der Waals surface area contributed by atoms with Crippen molar-refractivity contribution in [2.24, 2.45) is 0 Å². The van der Waals surface area contributed by atoms with E-state index in [2.05, 4.69) is 16.7 Å². The van der Waals surface area contributed by atoms with Crippen LogP contribution in [0.4, 0.5) is 5.69 Å². The van der Waals surface area contributed by atoms with Gasteiger partial charge in [-0.2, -0.15) is 21.4 Å². The summed E-state index contributed by atoms with van der Waals surface area (Å²) in [5.41, 5.74) is 1.87. The summed E-state index contributed by atoms with van der Waals surface area (Å²) in [5, 5.41) is 3.86. The number of aromatic nitrogens is 1. The number of hydrogen-bond acceptors (Lipinski definition) is 8. The third-order valence-electron chi connectivity index (χ3n) is 6.37. The molecule has 1 aromatic heterocycles. The molecule has 9 nitrogen and oxygen atoms in total. The molecule has 2 N–H and O–H groups in total. The predicted octanol–water partition coefficient (Wildman–Crippen LogP) is 4.82. The molecule has 5 rings (SSSR count). The molecule has 206 valence electrons. The van der Waals surface area contributed by atoms with Gasteiger partial charge >= 0.3 is 0 Å². The van der Waals surface area contributed by atoms with Crippen molar-refractivity contribution in [3.8, 4) is 5.75 Å². The van der Waals surface area contributed by atoms with Crippen molar-refractivity contribution < 1.29 is 35.2 Å². The SMILES string of the molecule is COc1ccc2c(c1)N(CCCS(=O)(=O)O)/C(=C/c1sc3ccc4ccccc4c3[n+]1CCCS(=O)(=O)O)S2. The molecular formula is C26H27N2O7S4+. The fraction of sp³-hybridized carbons (Fsp3) is 0.269. The lowest BCUT2D eigenvalue weighted by Gasteiger charge is -2.20. The van der Waals surface area contributed by atoms with E-state index in [-0.39, 0.29) is 24.3 Å². The monoisotopic (exact) mass is 607 g/mol. The van der Waals surface area contributed by atoms with E-state index >= 15 is 0 Å². The number of methoxy groups -OCH3 is 1. The zero-order valence-electron chi connectivity index (χ0n) is 21.0. The van der Waals surface area contributed by atoms with E-state index in [1.165, 1.54) is 0 Å². The fourth-order valence-corrected chi connectivity index (χ4v) is 7.97. The van der Waals surface area contributed by atoms with Gasteiger partial charge in [-0.1, -0.05) is 47.4 Å². The van der Waals surface area contributed by atoms with Crippen LogP contribution in [0.25, 0.3) is 27.1 Å². The number of benzene rings is 3. The average Bonchev–Trinajstić information content (AvgIpc) is 3.40. The molecule has 3 aromatic carbocycles. The molecule has 2 heterocycles. The van der Waals surface area contributed by atoms with Gasteiger partial charge in [0.15, 0.2) is 6.54 Å². The number of rotatable bonds is 10. The molecule has 0 aliphatic carbocycles. The Labute approximate surface area is 235 Å². The molecule has 0 radical (unpaired) electrons. The molecule has 0 spiro atoms. The summed E-state index contributed by atoms with van der Waals surface area (Å²) in [4.78, 5) is 3.00. The van der Waals surface area contributed by atoms with Gasteiger partial charge in [-0.05, 0) is 36.1 Å². The maximum Gasteiger partial charge on any atom is 0.265 e. The van der Waals surface area contributed by atoms with Crippen LogP contribution in [0.5, 0.6) is 5.75 Å². The lowest BCUT2D eigenvalue weighted by molar-refractivity contribution is -0.667. The number of thioether (sulfide) groups is 1. The zero-order chi connectivity index (χ0) is 27.8. The molecule has 0 saturated heterocycles.